The third-order valence-corrected chi connectivity index (χ3v) is 3.12. The van der Waals surface area contributed by atoms with E-state index in [0.29, 0.717) is 22.2 Å². The smallest absolute Gasteiger partial charge is 0.350 e. The molecule has 2 heterocycles. The van der Waals surface area contributed by atoms with Gasteiger partial charge in [0.2, 0.25) is 0 Å². The van der Waals surface area contributed by atoms with Crippen LogP contribution in [-0.4, -0.2) is 30.1 Å². The van der Waals surface area contributed by atoms with Gasteiger partial charge in [-0.15, -0.1) is 11.3 Å². The number of nitrogens with zero attached hydrogens (tertiary/aromatic N) is 2. The zero-order valence-corrected chi connectivity index (χ0v) is 10.7. The molecule has 0 aliphatic heterocycles. The standard InChI is InChI=1S/C11H12N4O2S/c1-12-8-5-9(14-6-13-8)15-7-3-4-18-10(7)11(16)17-2/h3-6H,1-2H3,(H2,12,13,14,15). The highest BCUT2D eigenvalue weighted by Crippen LogP contribution is 2.26. The molecule has 0 aliphatic carbocycles. The predicted octanol–water partition coefficient (Wildman–Crippen LogP) is 2.11. The van der Waals surface area contributed by atoms with Crippen molar-refractivity contribution < 1.29 is 9.53 Å². The lowest BCUT2D eigenvalue weighted by atomic mass is 10.3. The summed E-state index contributed by atoms with van der Waals surface area (Å²) in [5, 5.41) is 7.79. The Morgan fingerprint density at radius 1 is 1.39 bits per heavy atom. The number of thiophene rings is 1. The molecule has 94 valence electrons. The Morgan fingerprint density at radius 3 is 2.89 bits per heavy atom. The molecule has 0 aliphatic rings. The Bertz CT molecular complexity index is 555. The molecule has 0 fully saturated rings. The fraction of sp³-hybridized carbons (Fsp3) is 0.182. The van der Waals surface area contributed by atoms with Crippen molar-refractivity contribution >= 4 is 34.6 Å². The van der Waals surface area contributed by atoms with Gasteiger partial charge in [-0.2, -0.15) is 0 Å². The van der Waals surface area contributed by atoms with E-state index in [2.05, 4.69) is 20.6 Å². The van der Waals surface area contributed by atoms with Crippen LogP contribution in [0.25, 0.3) is 0 Å². The third kappa shape index (κ3) is 2.57. The zero-order chi connectivity index (χ0) is 13.0. The van der Waals surface area contributed by atoms with Crippen molar-refractivity contribution in [3.8, 4) is 0 Å². The maximum Gasteiger partial charge on any atom is 0.350 e. The molecule has 6 nitrogen and oxygen atoms in total. The van der Waals surface area contributed by atoms with Gasteiger partial charge in [0, 0.05) is 13.1 Å². The van der Waals surface area contributed by atoms with E-state index >= 15 is 0 Å². The molecule has 0 bridgehead atoms. The van der Waals surface area contributed by atoms with Gasteiger partial charge >= 0.3 is 5.97 Å². The largest absolute Gasteiger partial charge is 0.465 e. The first kappa shape index (κ1) is 12.3. The molecule has 7 heteroatoms. The Kier molecular flexibility index (Phi) is 3.73. The molecule has 0 spiro atoms. The second-order valence-electron chi connectivity index (χ2n) is 3.32. The van der Waals surface area contributed by atoms with Gasteiger partial charge in [0.05, 0.1) is 12.8 Å². The molecule has 0 atom stereocenters. The van der Waals surface area contributed by atoms with E-state index in [9.17, 15) is 4.79 Å². The van der Waals surface area contributed by atoms with E-state index in [1.165, 1.54) is 24.8 Å². The summed E-state index contributed by atoms with van der Waals surface area (Å²) < 4.78 is 4.70. The molecule has 2 aromatic rings. The van der Waals surface area contributed by atoms with Gasteiger partial charge in [0.15, 0.2) is 0 Å². The van der Waals surface area contributed by atoms with Crippen molar-refractivity contribution in [3.63, 3.8) is 0 Å². The van der Waals surface area contributed by atoms with Crippen LogP contribution in [-0.2, 0) is 4.74 Å². The van der Waals surface area contributed by atoms with Gasteiger partial charge in [-0.1, -0.05) is 0 Å². The van der Waals surface area contributed by atoms with Crippen LogP contribution in [0, 0.1) is 0 Å². The highest BCUT2D eigenvalue weighted by molar-refractivity contribution is 7.12. The summed E-state index contributed by atoms with van der Waals surface area (Å²) in [6, 6.07) is 3.55. The third-order valence-electron chi connectivity index (χ3n) is 2.22. The average Bonchev–Trinajstić information content (AvgIpc) is 2.86. The Balaban J connectivity index is 2.23. The number of aromatic nitrogens is 2. The molecule has 0 radical (unpaired) electrons. The molecule has 0 amide bonds. The first-order valence-electron chi connectivity index (χ1n) is 5.17. The summed E-state index contributed by atoms with van der Waals surface area (Å²) >= 11 is 1.32. The average molecular weight is 264 g/mol. The number of methoxy groups -OCH3 is 1. The van der Waals surface area contributed by atoms with Gasteiger partial charge in [0.1, 0.15) is 22.8 Å². The van der Waals surface area contributed by atoms with Crippen molar-refractivity contribution in [2.75, 3.05) is 24.8 Å². The monoisotopic (exact) mass is 264 g/mol. The highest BCUT2D eigenvalue weighted by Gasteiger charge is 2.13. The maximum atomic E-state index is 11.5. The van der Waals surface area contributed by atoms with E-state index in [4.69, 9.17) is 4.74 Å². The summed E-state index contributed by atoms with van der Waals surface area (Å²) in [6.07, 6.45) is 1.44. The molecule has 2 N–H and O–H groups in total. The highest BCUT2D eigenvalue weighted by atomic mass is 32.1. The fourth-order valence-corrected chi connectivity index (χ4v) is 2.12. The van der Waals surface area contributed by atoms with Gasteiger partial charge in [0.25, 0.3) is 0 Å². The Labute approximate surface area is 108 Å². The second-order valence-corrected chi connectivity index (χ2v) is 4.23. The van der Waals surface area contributed by atoms with Crippen molar-refractivity contribution in [2.24, 2.45) is 0 Å². The second kappa shape index (κ2) is 5.46. The van der Waals surface area contributed by atoms with Crippen molar-refractivity contribution in [1.82, 2.24) is 9.97 Å². The van der Waals surface area contributed by atoms with Crippen LogP contribution in [0.3, 0.4) is 0 Å². The number of carbonyl (C=O) groups excluding carboxylic acids is 1. The number of ether oxygens (including phenoxy) is 1. The van der Waals surface area contributed by atoms with Gasteiger partial charge in [-0.3, -0.25) is 0 Å². The fourth-order valence-electron chi connectivity index (χ4n) is 1.36. The van der Waals surface area contributed by atoms with Crippen LogP contribution in [0.1, 0.15) is 9.67 Å². The summed E-state index contributed by atoms with van der Waals surface area (Å²) in [7, 11) is 3.13. The van der Waals surface area contributed by atoms with Gasteiger partial charge in [-0.05, 0) is 11.4 Å². The number of carbonyl (C=O) groups is 1. The molecule has 0 saturated carbocycles. The SMILES string of the molecule is CNc1cc(Nc2ccsc2C(=O)OC)ncn1. The number of nitrogens with one attached hydrogen (secondary N) is 2. The molecule has 2 aromatic heterocycles. The summed E-state index contributed by atoms with van der Waals surface area (Å²) in [6.45, 7) is 0. The first-order valence-corrected chi connectivity index (χ1v) is 6.05. The quantitative estimate of drug-likeness (QED) is 0.824. The van der Waals surface area contributed by atoms with Crippen LogP contribution in [0.4, 0.5) is 17.3 Å². The van der Waals surface area contributed by atoms with E-state index in [1.54, 1.807) is 19.2 Å². The van der Waals surface area contributed by atoms with Crippen LogP contribution >= 0.6 is 11.3 Å². The molecular weight excluding hydrogens is 252 g/mol. The number of rotatable bonds is 4. The van der Waals surface area contributed by atoms with Crippen molar-refractivity contribution in [1.29, 1.82) is 0 Å². The number of hydrogen-bond donors (Lipinski definition) is 2. The summed E-state index contributed by atoms with van der Waals surface area (Å²) in [5.41, 5.74) is 0.674. The van der Waals surface area contributed by atoms with Gasteiger partial charge < -0.3 is 15.4 Å². The maximum absolute atomic E-state index is 11.5. The lowest BCUT2D eigenvalue weighted by Crippen LogP contribution is -2.03. The number of anilines is 3. The predicted molar refractivity (Wildman–Crippen MR) is 70.5 cm³/mol. The van der Waals surface area contributed by atoms with E-state index < -0.39 is 0 Å². The summed E-state index contributed by atoms with van der Waals surface area (Å²) in [5.74, 6) is 0.940. The minimum atomic E-state index is -0.365. The van der Waals surface area contributed by atoms with Crippen LogP contribution < -0.4 is 10.6 Å². The molecule has 18 heavy (non-hydrogen) atoms. The van der Waals surface area contributed by atoms with Crippen LogP contribution in [0.15, 0.2) is 23.8 Å². The number of hydrogen-bond acceptors (Lipinski definition) is 7. The minimum absolute atomic E-state index is 0.365. The number of esters is 1. The van der Waals surface area contributed by atoms with E-state index in [0.717, 1.165) is 0 Å². The lowest BCUT2D eigenvalue weighted by Gasteiger charge is -2.06. The van der Waals surface area contributed by atoms with Crippen LogP contribution in [0.5, 0.6) is 0 Å². The molecule has 0 unspecified atom stereocenters. The van der Waals surface area contributed by atoms with Crippen LogP contribution in [0.2, 0.25) is 0 Å². The lowest BCUT2D eigenvalue weighted by molar-refractivity contribution is 0.0607. The van der Waals surface area contributed by atoms with E-state index in [1.807, 2.05) is 5.38 Å². The first-order chi connectivity index (χ1) is 8.74. The minimum Gasteiger partial charge on any atom is -0.465 e. The topological polar surface area (TPSA) is 76.1 Å². The Morgan fingerprint density at radius 2 is 2.17 bits per heavy atom. The van der Waals surface area contributed by atoms with E-state index in [-0.39, 0.29) is 5.97 Å². The summed E-state index contributed by atoms with van der Waals surface area (Å²) in [4.78, 5) is 20.1. The van der Waals surface area contributed by atoms with Gasteiger partial charge in [-0.25, -0.2) is 14.8 Å². The van der Waals surface area contributed by atoms with Crippen molar-refractivity contribution in [3.05, 3.63) is 28.7 Å². The normalized spacial score (nSPS) is 9.89. The molecule has 0 aromatic carbocycles. The zero-order valence-electron chi connectivity index (χ0n) is 9.93. The molecular formula is C11H12N4O2S. The molecule has 0 saturated heterocycles. The van der Waals surface area contributed by atoms with Crippen molar-refractivity contribution in [2.45, 2.75) is 0 Å². The Hall–Kier alpha value is -2.15. The molecule has 2 rings (SSSR count).